The third-order valence-electron chi connectivity index (χ3n) is 5.97. The largest absolute Gasteiger partial charge is 0.364 e. The van der Waals surface area contributed by atoms with E-state index in [1.54, 1.807) is 0 Å². The van der Waals surface area contributed by atoms with Crippen LogP contribution in [0.25, 0.3) is 0 Å². The highest BCUT2D eigenvalue weighted by Crippen LogP contribution is 2.22. The van der Waals surface area contributed by atoms with Gasteiger partial charge in [0.25, 0.3) is 0 Å². The summed E-state index contributed by atoms with van der Waals surface area (Å²) >= 11 is 0. The van der Waals surface area contributed by atoms with Gasteiger partial charge in [-0.3, -0.25) is 4.90 Å². The minimum absolute atomic E-state index is 0.0909. The van der Waals surface area contributed by atoms with E-state index in [4.69, 9.17) is 10.5 Å². The van der Waals surface area contributed by atoms with Crippen molar-refractivity contribution in [3.8, 4) is 0 Å². The van der Waals surface area contributed by atoms with Crippen LogP contribution in [0.1, 0.15) is 30.5 Å². The summed E-state index contributed by atoms with van der Waals surface area (Å²) in [5.41, 5.74) is 9.75. The summed E-state index contributed by atoms with van der Waals surface area (Å²) in [6, 6.07) is 12.1. The van der Waals surface area contributed by atoms with Crippen molar-refractivity contribution >= 4 is 0 Å². The number of nitrogens with two attached hydrogens (primary N) is 1. The fraction of sp³-hybridized carbons (Fsp3) is 0.500. The molecule has 0 saturated carbocycles. The van der Waals surface area contributed by atoms with Crippen LogP contribution in [0, 0.1) is 17.6 Å². The van der Waals surface area contributed by atoms with E-state index in [1.165, 1.54) is 23.3 Å². The summed E-state index contributed by atoms with van der Waals surface area (Å²) in [5.74, 6) is -1.04. The van der Waals surface area contributed by atoms with E-state index < -0.39 is 11.6 Å². The third-order valence-corrected chi connectivity index (χ3v) is 5.97. The summed E-state index contributed by atoms with van der Waals surface area (Å²) in [4.78, 5) is 2.27. The second-order valence-electron chi connectivity index (χ2n) is 8.09. The number of rotatable bonds is 10. The zero-order chi connectivity index (χ0) is 21.5. The monoisotopic (exact) mass is 417 g/mol. The molecule has 30 heavy (non-hydrogen) atoms. The van der Waals surface area contributed by atoms with E-state index in [9.17, 15) is 8.78 Å². The molecule has 1 aliphatic rings. The van der Waals surface area contributed by atoms with E-state index in [-0.39, 0.29) is 18.0 Å². The summed E-state index contributed by atoms with van der Waals surface area (Å²) in [5, 5.41) is 3.55. The number of ether oxygens (including phenoxy) is 1. The summed E-state index contributed by atoms with van der Waals surface area (Å²) < 4.78 is 33.0. The molecule has 0 bridgehead atoms. The van der Waals surface area contributed by atoms with Gasteiger partial charge in [-0.25, -0.2) is 8.78 Å². The number of aryl methyl sites for hydroxylation is 1. The van der Waals surface area contributed by atoms with Crippen LogP contribution in [0.2, 0.25) is 0 Å². The Balaban J connectivity index is 1.69. The van der Waals surface area contributed by atoms with Crippen LogP contribution >= 0.6 is 0 Å². The molecule has 3 atom stereocenters. The molecule has 0 spiro atoms. The van der Waals surface area contributed by atoms with Crippen molar-refractivity contribution in [1.82, 2.24) is 10.2 Å². The zero-order valence-electron chi connectivity index (χ0n) is 17.9. The average Bonchev–Trinajstić information content (AvgIpc) is 3.19. The molecule has 4 nitrogen and oxygen atoms in total. The molecular formula is C24H33F2N3O. The molecular weight excluding hydrogens is 384 g/mol. The van der Waals surface area contributed by atoms with Gasteiger partial charge in [0.05, 0.1) is 13.3 Å². The summed E-state index contributed by atoms with van der Waals surface area (Å²) in [6.07, 6.45) is 1.43. The molecule has 0 aromatic heterocycles. The van der Waals surface area contributed by atoms with Crippen molar-refractivity contribution in [2.45, 2.75) is 45.3 Å². The van der Waals surface area contributed by atoms with E-state index >= 15 is 0 Å². The molecule has 1 fully saturated rings. The first-order valence-electron chi connectivity index (χ1n) is 10.8. The fourth-order valence-corrected chi connectivity index (χ4v) is 4.28. The molecule has 2 aromatic carbocycles. The lowest BCUT2D eigenvalue weighted by Crippen LogP contribution is -2.50. The van der Waals surface area contributed by atoms with Crippen molar-refractivity contribution in [3.05, 3.63) is 70.8 Å². The van der Waals surface area contributed by atoms with Crippen LogP contribution in [0.4, 0.5) is 8.78 Å². The Morgan fingerprint density at radius 3 is 2.53 bits per heavy atom. The Morgan fingerprint density at radius 2 is 1.83 bits per heavy atom. The maximum atomic E-state index is 13.6. The van der Waals surface area contributed by atoms with E-state index in [2.05, 4.69) is 48.3 Å². The Hall–Kier alpha value is -1.86. The van der Waals surface area contributed by atoms with Crippen LogP contribution in [-0.2, 0) is 24.1 Å². The highest BCUT2D eigenvalue weighted by molar-refractivity contribution is 5.23. The van der Waals surface area contributed by atoms with Crippen LogP contribution in [0.3, 0.4) is 0 Å². The van der Waals surface area contributed by atoms with Gasteiger partial charge in [-0.15, -0.1) is 0 Å². The van der Waals surface area contributed by atoms with Crippen LogP contribution in [-0.4, -0.2) is 43.4 Å². The zero-order valence-corrected chi connectivity index (χ0v) is 17.9. The topological polar surface area (TPSA) is 50.5 Å². The molecule has 1 saturated heterocycles. The predicted octanol–water partition coefficient (Wildman–Crippen LogP) is 3.48. The highest BCUT2D eigenvalue weighted by Gasteiger charge is 2.35. The molecule has 0 aliphatic carbocycles. The van der Waals surface area contributed by atoms with Gasteiger partial charge < -0.3 is 15.8 Å². The number of hydrogen-bond donors (Lipinski definition) is 2. The SMILES string of the molecule is CCc1cccc(CNC[C@H]([C@@H](N)Cc2cc(F)cc(F)c2)[C@@H]2COCN2CC)c1. The lowest BCUT2D eigenvalue weighted by molar-refractivity contribution is 0.136. The first-order chi connectivity index (χ1) is 14.5. The molecule has 0 amide bonds. The Bertz CT molecular complexity index is 797. The van der Waals surface area contributed by atoms with Gasteiger partial charge in [-0.1, -0.05) is 38.1 Å². The molecule has 3 N–H and O–H groups in total. The van der Waals surface area contributed by atoms with Gasteiger partial charge in [0.1, 0.15) is 11.6 Å². The van der Waals surface area contributed by atoms with Gasteiger partial charge >= 0.3 is 0 Å². The van der Waals surface area contributed by atoms with Crippen LogP contribution in [0.5, 0.6) is 0 Å². The third kappa shape index (κ3) is 6.08. The smallest absolute Gasteiger partial charge is 0.126 e. The number of hydrogen-bond acceptors (Lipinski definition) is 4. The minimum Gasteiger partial charge on any atom is -0.364 e. The Labute approximate surface area is 178 Å². The molecule has 1 heterocycles. The summed E-state index contributed by atoms with van der Waals surface area (Å²) in [7, 11) is 0. The minimum atomic E-state index is -0.568. The van der Waals surface area contributed by atoms with Crippen molar-refractivity contribution in [2.24, 2.45) is 11.7 Å². The molecule has 164 valence electrons. The number of nitrogens with one attached hydrogen (secondary N) is 1. The molecule has 0 unspecified atom stereocenters. The van der Waals surface area contributed by atoms with Gasteiger partial charge in [0, 0.05) is 37.2 Å². The van der Waals surface area contributed by atoms with E-state index in [0.29, 0.717) is 31.9 Å². The van der Waals surface area contributed by atoms with Gasteiger partial charge in [-0.2, -0.15) is 0 Å². The summed E-state index contributed by atoms with van der Waals surface area (Å²) in [6.45, 7) is 7.81. The Kier molecular flexibility index (Phi) is 8.33. The first kappa shape index (κ1) is 22.8. The fourth-order valence-electron chi connectivity index (χ4n) is 4.28. The normalized spacial score (nSPS) is 19.2. The van der Waals surface area contributed by atoms with Crippen molar-refractivity contribution in [2.75, 3.05) is 26.4 Å². The first-order valence-corrected chi connectivity index (χ1v) is 10.8. The lowest BCUT2D eigenvalue weighted by atomic mass is 9.87. The number of likely N-dealkylation sites (N-methyl/N-ethyl adjacent to an activating group) is 1. The van der Waals surface area contributed by atoms with Gasteiger partial charge in [0.15, 0.2) is 0 Å². The Morgan fingerprint density at radius 1 is 1.10 bits per heavy atom. The quantitative estimate of drug-likeness (QED) is 0.622. The predicted molar refractivity (Wildman–Crippen MR) is 116 cm³/mol. The van der Waals surface area contributed by atoms with Crippen molar-refractivity contribution < 1.29 is 13.5 Å². The van der Waals surface area contributed by atoms with Crippen molar-refractivity contribution in [1.29, 1.82) is 0 Å². The second kappa shape index (κ2) is 11.0. The molecule has 1 aliphatic heterocycles. The number of benzene rings is 2. The van der Waals surface area contributed by atoms with Crippen LogP contribution < -0.4 is 11.1 Å². The standard InChI is InChI=1S/C24H33F2N3O/c1-3-17-6-5-7-18(8-17)13-28-14-22(24-15-30-16-29(24)4-2)23(27)11-19-9-20(25)12-21(26)10-19/h5-10,12,22-24,28H,3-4,11,13-16,27H2,1-2H3/t22-,23+,24+/m1/s1. The lowest BCUT2D eigenvalue weighted by Gasteiger charge is -2.33. The molecule has 6 heteroatoms. The number of nitrogens with zero attached hydrogens (tertiary/aromatic N) is 1. The second-order valence-corrected chi connectivity index (χ2v) is 8.09. The van der Waals surface area contributed by atoms with Gasteiger partial charge in [0.2, 0.25) is 0 Å². The van der Waals surface area contributed by atoms with Gasteiger partial charge in [-0.05, 0) is 48.2 Å². The maximum absolute atomic E-state index is 13.6. The molecule has 3 rings (SSSR count). The van der Waals surface area contributed by atoms with E-state index in [1.807, 2.05) is 0 Å². The molecule has 2 aromatic rings. The van der Waals surface area contributed by atoms with Crippen LogP contribution in [0.15, 0.2) is 42.5 Å². The highest BCUT2D eigenvalue weighted by atomic mass is 19.1. The van der Waals surface area contributed by atoms with Crippen molar-refractivity contribution in [3.63, 3.8) is 0 Å². The maximum Gasteiger partial charge on any atom is 0.126 e. The molecule has 0 radical (unpaired) electrons. The number of halogens is 2. The average molecular weight is 418 g/mol. The van der Waals surface area contributed by atoms with E-state index in [0.717, 1.165) is 25.6 Å².